The lowest BCUT2D eigenvalue weighted by Crippen LogP contribution is -2.14. The first-order valence-electron chi connectivity index (χ1n) is 12.4. The molecule has 5 heteroatoms. The zero-order valence-electron chi connectivity index (χ0n) is 21.5. The molecule has 1 heterocycles. The predicted molar refractivity (Wildman–Crippen MR) is 146 cm³/mol. The smallest absolute Gasteiger partial charge is 0.251 e. The molecular weight excluding hydrogens is 448 g/mol. The molecule has 0 atom stereocenters. The highest BCUT2D eigenvalue weighted by Crippen LogP contribution is 2.35. The molecule has 4 aromatic rings. The molecule has 2 N–H and O–H groups in total. The second-order valence-corrected chi connectivity index (χ2v) is 8.93. The minimum Gasteiger partial charge on any atom is -0.493 e. The molecule has 0 aliphatic carbocycles. The second kappa shape index (κ2) is 11.2. The fourth-order valence-electron chi connectivity index (χ4n) is 4.95. The van der Waals surface area contributed by atoms with E-state index in [0.29, 0.717) is 17.1 Å². The van der Waals surface area contributed by atoms with Gasteiger partial charge in [0.05, 0.1) is 19.8 Å². The van der Waals surface area contributed by atoms with Crippen LogP contribution in [-0.2, 0) is 19.4 Å². The summed E-state index contributed by atoms with van der Waals surface area (Å²) in [6, 6.07) is 24.7. The lowest BCUT2D eigenvalue weighted by Gasteiger charge is -2.14. The van der Waals surface area contributed by atoms with Crippen molar-refractivity contribution in [1.82, 2.24) is 4.57 Å². The Morgan fingerprint density at radius 2 is 1.47 bits per heavy atom. The average molecular weight is 483 g/mol. The Kier molecular flexibility index (Phi) is 7.79. The van der Waals surface area contributed by atoms with Crippen molar-refractivity contribution in [3.63, 3.8) is 0 Å². The predicted octanol–water partition coefficient (Wildman–Crippen LogP) is 6.44. The van der Waals surface area contributed by atoms with Gasteiger partial charge >= 0.3 is 0 Å². The van der Waals surface area contributed by atoms with Crippen LogP contribution in [0.3, 0.4) is 0 Å². The Bertz CT molecular complexity index is 1340. The van der Waals surface area contributed by atoms with Gasteiger partial charge in [-0.1, -0.05) is 74.0 Å². The van der Waals surface area contributed by atoms with Crippen LogP contribution in [0.15, 0.2) is 72.8 Å². The summed E-state index contributed by atoms with van der Waals surface area (Å²) in [7, 11) is 3.28. The van der Waals surface area contributed by atoms with E-state index in [1.54, 1.807) is 14.2 Å². The van der Waals surface area contributed by atoms with Crippen LogP contribution in [0.5, 0.6) is 11.5 Å². The zero-order chi connectivity index (χ0) is 25.7. The van der Waals surface area contributed by atoms with Gasteiger partial charge in [0.15, 0.2) is 11.5 Å². The minimum atomic E-state index is -0.392. The van der Waals surface area contributed by atoms with Crippen molar-refractivity contribution < 1.29 is 14.3 Å². The molecule has 0 saturated carbocycles. The Morgan fingerprint density at radius 3 is 2.08 bits per heavy atom. The SMILES string of the molecule is CCCc1c(-c2ccc(-c3ccccc3)cc2)c(C(N)=O)c(C)n1CCc1ccc(OC)c(OC)c1. The van der Waals surface area contributed by atoms with Crippen LogP contribution >= 0.6 is 0 Å². The lowest BCUT2D eigenvalue weighted by atomic mass is 9.96. The van der Waals surface area contributed by atoms with Gasteiger partial charge in [-0.15, -0.1) is 0 Å². The van der Waals surface area contributed by atoms with Crippen LogP contribution in [-0.4, -0.2) is 24.7 Å². The number of methoxy groups -OCH3 is 2. The third-order valence-corrected chi connectivity index (χ3v) is 6.72. The number of carbonyl (C=O) groups excluding carboxylic acids is 1. The number of carbonyl (C=O) groups is 1. The number of hydrogen-bond acceptors (Lipinski definition) is 3. The fraction of sp³-hybridized carbons (Fsp3) is 0.258. The van der Waals surface area contributed by atoms with E-state index in [9.17, 15) is 4.79 Å². The van der Waals surface area contributed by atoms with Crippen molar-refractivity contribution in [2.75, 3.05) is 14.2 Å². The molecule has 0 unspecified atom stereocenters. The van der Waals surface area contributed by atoms with Crippen LogP contribution in [0.4, 0.5) is 0 Å². The molecule has 0 aliphatic heterocycles. The van der Waals surface area contributed by atoms with Gasteiger partial charge in [-0.25, -0.2) is 0 Å². The highest BCUT2D eigenvalue weighted by molar-refractivity contribution is 6.02. The van der Waals surface area contributed by atoms with Gasteiger partial charge in [-0.05, 0) is 54.2 Å². The number of aromatic nitrogens is 1. The molecule has 36 heavy (non-hydrogen) atoms. The molecule has 4 rings (SSSR count). The van der Waals surface area contributed by atoms with E-state index in [0.717, 1.165) is 65.0 Å². The largest absolute Gasteiger partial charge is 0.493 e. The molecule has 0 saturated heterocycles. The van der Waals surface area contributed by atoms with Crippen molar-refractivity contribution in [1.29, 1.82) is 0 Å². The Balaban J connectivity index is 1.73. The lowest BCUT2D eigenvalue weighted by molar-refractivity contribution is 0.1000. The number of nitrogens with zero attached hydrogens (tertiary/aromatic N) is 1. The molecule has 0 bridgehead atoms. The van der Waals surface area contributed by atoms with Crippen molar-refractivity contribution in [2.45, 2.75) is 39.7 Å². The standard InChI is InChI=1S/C31H34N2O3/c1-5-9-26-30(25-15-13-24(14-16-25)23-10-7-6-8-11-23)29(31(32)34)21(2)33(26)19-18-22-12-17-27(35-3)28(20-22)36-4/h6-8,10-17,20H,5,9,18-19H2,1-4H3,(H2,32,34). The topological polar surface area (TPSA) is 66.5 Å². The summed E-state index contributed by atoms with van der Waals surface area (Å²) in [5, 5.41) is 0. The highest BCUT2D eigenvalue weighted by Gasteiger charge is 2.24. The van der Waals surface area contributed by atoms with Crippen molar-refractivity contribution in [2.24, 2.45) is 5.73 Å². The molecule has 186 valence electrons. The fourth-order valence-corrected chi connectivity index (χ4v) is 4.95. The van der Waals surface area contributed by atoms with E-state index in [-0.39, 0.29) is 0 Å². The number of rotatable bonds is 10. The summed E-state index contributed by atoms with van der Waals surface area (Å²) in [6.45, 7) is 4.89. The number of amides is 1. The number of hydrogen-bond donors (Lipinski definition) is 1. The summed E-state index contributed by atoms with van der Waals surface area (Å²) < 4.78 is 13.1. The van der Waals surface area contributed by atoms with Gasteiger partial charge in [-0.3, -0.25) is 4.79 Å². The van der Waals surface area contributed by atoms with Gasteiger partial charge in [-0.2, -0.15) is 0 Å². The number of benzene rings is 3. The number of aryl methyl sites for hydroxylation is 1. The van der Waals surface area contributed by atoms with Crippen LogP contribution in [0.1, 0.15) is 40.7 Å². The number of primary amides is 1. The maximum absolute atomic E-state index is 12.7. The van der Waals surface area contributed by atoms with Gasteiger partial charge in [0.25, 0.3) is 5.91 Å². The normalized spacial score (nSPS) is 10.9. The average Bonchev–Trinajstić information content (AvgIpc) is 3.19. The van der Waals surface area contributed by atoms with Crippen molar-refractivity contribution in [3.05, 3.63) is 95.3 Å². The molecule has 1 aromatic heterocycles. The van der Waals surface area contributed by atoms with E-state index in [1.807, 2.05) is 37.3 Å². The summed E-state index contributed by atoms with van der Waals surface area (Å²) in [6.07, 6.45) is 2.61. The first-order valence-corrected chi connectivity index (χ1v) is 12.4. The van der Waals surface area contributed by atoms with Crippen molar-refractivity contribution >= 4 is 5.91 Å². The third-order valence-electron chi connectivity index (χ3n) is 6.72. The van der Waals surface area contributed by atoms with E-state index in [4.69, 9.17) is 15.2 Å². The summed E-state index contributed by atoms with van der Waals surface area (Å²) in [4.78, 5) is 12.7. The number of ether oxygens (including phenoxy) is 2. The number of nitrogens with two attached hydrogens (primary N) is 1. The van der Waals surface area contributed by atoms with Crippen molar-refractivity contribution in [3.8, 4) is 33.8 Å². The maximum atomic E-state index is 12.7. The Morgan fingerprint density at radius 1 is 0.833 bits per heavy atom. The van der Waals surface area contributed by atoms with E-state index in [2.05, 4.69) is 54.0 Å². The van der Waals surface area contributed by atoms with Gasteiger partial charge in [0, 0.05) is 23.5 Å². The third kappa shape index (κ3) is 5.01. The summed E-state index contributed by atoms with van der Waals surface area (Å²) in [5.74, 6) is 1.03. The van der Waals surface area contributed by atoms with E-state index < -0.39 is 5.91 Å². The van der Waals surface area contributed by atoms with Crippen LogP contribution in [0.2, 0.25) is 0 Å². The van der Waals surface area contributed by atoms with E-state index in [1.165, 1.54) is 0 Å². The van der Waals surface area contributed by atoms with Gasteiger partial charge < -0.3 is 19.8 Å². The summed E-state index contributed by atoms with van der Waals surface area (Å²) in [5.41, 5.74) is 14.0. The maximum Gasteiger partial charge on any atom is 0.251 e. The molecule has 0 fully saturated rings. The molecule has 0 aliphatic rings. The second-order valence-electron chi connectivity index (χ2n) is 8.93. The Hall–Kier alpha value is -3.99. The molecular formula is C31H34N2O3. The monoisotopic (exact) mass is 482 g/mol. The molecule has 0 radical (unpaired) electrons. The van der Waals surface area contributed by atoms with Gasteiger partial charge in [0.1, 0.15) is 0 Å². The molecule has 5 nitrogen and oxygen atoms in total. The Labute approximate surface area is 213 Å². The summed E-state index contributed by atoms with van der Waals surface area (Å²) >= 11 is 0. The van der Waals surface area contributed by atoms with Crippen LogP contribution in [0, 0.1) is 6.92 Å². The first kappa shape index (κ1) is 25.1. The minimum absolute atomic E-state index is 0.392. The van der Waals surface area contributed by atoms with E-state index >= 15 is 0 Å². The molecule has 1 amide bonds. The zero-order valence-corrected chi connectivity index (χ0v) is 21.5. The molecule has 0 spiro atoms. The van der Waals surface area contributed by atoms with Crippen LogP contribution < -0.4 is 15.2 Å². The quantitative estimate of drug-likeness (QED) is 0.283. The van der Waals surface area contributed by atoms with Crippen LogP contribution in [0.25, 0.3) is 22.3 Å². The highest BCUT2D eigenvalue weighted by atomic mass is 16.5. The first-order chi connectivity index (χ1) is 17.5. The molecule has 3 aromatic carbocycles. The van der Waals surface area contributed by atoms with Gasteiger partial charge in [0.2, 0.25) is 0 Å².